The zero-order valence-electron chi connectivity index (χ0n) is 17.1. The van der Waals surface area contributed by atoms with E-state index in [1.807, 2.05) is 6.07 Å². The number of para-hydroxylation sites is 1. The summed E-state index contributed by atoms with van der Waals surface area (Å²) in [4.78, 5) is 28.3. The maximum atomic E-state index is 12.7. The molecular weight excluding hydrogens is 380 g/mol. The summed E-state index contributed by atoms with van der Waals surface area (Å²) < 4.78 is 0. The predicted octanol–water partition coefficient (Wildman–Crippen LogP) is 3.94. The number of hydrogen-bond acceptors (Lipinski definition) is 3. The lowest BCUT2D eigenvalue weighted by Gasteiger charge is -2.32. The third-order valence-corrected chi connectivity index (χ3v) is 6.46. The Hall–Kier alpha value is -3.01. The van der Waals surface area contributed by atoms with E-state index in [9.17, 15) is 9.59 Å². The minimum absolute atomic E-state index is 0.283. The van der Waals surface area contributed by atoms with Crippen molar-refractivity contribution < 1.29 is 14.7 Å². The Balaban J connectivity index is 0.000000204. The van der Waals surface area contributed by atoms with Crippen LogP contribution in [0.4, 0.5) is 4.79 Å². The summed E-state index contributed by atoms with van der Waals surface area (Å²) in [5.41, 5.74) is 3.13. The van der Waals surface area contributed by atoms with E-state index in [2.05, 4.69) is 39.5 Å². The Kier molecular flexibility index (Phi) is 5.67. The molecule has 158 valence electrons. The van der Waals surface area contributed by atoms with Gasteiger partial charge in [-0.1, -0.05) is 37.5 Å². The van der Waals surface area contributed by atoms with E-state index < -0.39 is 11.6 Å². The molecule has 0 radical (unpaired) electrons. The number of nitrogens with zero attached hydrogens (tertiary/aromatic N) is 2. The second-order valence-electron chi connectivity index (χ2n) is 8.60. The number of carbonyl (C=O) groups excluding carboxylic acids is 1. The van der Waals surface area contributed by atoms with Crippen molar-refractivity contribution in [2.24, 2.45) is 5.92 Å². The lowest BCUT2D eigenvalue weighted by atomic mass is 9.87. The Morgan fingerprint density at radius 2 is 1.93 bits per heavy atom. The van der Waals surface area contributed by atoms with Gasteiger partial charge in [-0.2, -0.15) is 5.26 Å². The number of carbonyl (C=O) groups is 2. The molecule has 2 fully saturated rings. The predicted molar refractivity (Wildman–Crippen MR) is 113 cm³/mol. The molecule has 2 aliphatic carbocycles. The van der Waals surface area contributed by atoms with Crippen LogP contribution in [-0.4, -0.2) is 39.1 Å². The minimum atomic E-state index is -1.12. The van der Waals surface area contributed by atoms with Crippen molar-refractivity contribution in [3.63, 3.8) is 0 Å². The Morgan fingerprint density at radius 1 is 1.20 bits per heavy atom. The summed E-state index contributed by atoms with van der Waals surface area (Å²) in [6, 6.07) is 10.3. The molecule has 7 nitrogen and oxygen atoms in total. The number of H-pyrrole nitrogens is 1. The molecule has 1 aromatic heterocycles. The third kappa shape index (κ3) is 4.28. The van der Waals surface area contributed by atoms with Crippen LogP contribution in [0, 0.1) is 17.2 Å². The zero-order valence-corrected chi connectivity index (χ0v) is 17.1. The third-order valence-electron chi connectivity index (χ3n) is 6.46. The SMILES string of the molecule is N#CC1(NC(=O)O)CC1.O=C(C1CCCCC1)N1CCc2[nH]c3ccccc3c2C1. The fourth-order valence-electron chi connectivity index (χ4n) is 4.56. The molecule has 2 amide bonds. The standard InChI is InChI=1S/C18H22N2O.C5H6N2O2/c21-18(13-6-2-1-3-7-13)20-11-10-17-15(12-20)14-8-4-5-9-16(14)19-17;6-3-5(1-2-5)7-4(8)9/h4-5,8-9,13,19H,1-3,6-7,10-12H2;7H,1-2H2,(H,8,9). The Morgan fingerprint density at radius 3 is 2.57 bits per heavy atom. The van der Waals surface area contributed by atoms with E-state index in [1.165, 1.54) is 41.4 Å². The number of benzene rings is 1. The van der Waals surface area contributed by atoms with Crippen LogP contribution >= 0.6 is 0 Å². The molecule has 0 spiro atoms. The first-order valence-electron chi connectivity index (χ1n) is 10.8. The second-order valence-corrected chi connectivity index (χ2v) is 8.60. The van der Waals surface area contributed by atoms with Gasteiger partial charge in [0.2, 0.25) is 5.91 Å². The molecular formula is C23H28N4O3. The number of aromatic nitrogens is 1. The smallest absolute Gasteiger partial charge is 0.405 e. The van der Waals surface area contributed by atoms with Gasteiger partial charge in [-0.25, -0.2) is 4.79 Å². The molecule has 2 saturated carbocycles. The molecule has 5 rings (SSSR count). The van der Waals surface area contributed by atoms with Crippen LogP contribution in [0.2, 0.25) is 0 Å². The quantitative estimate of drug-likeness (QED) is 0.699. The average Bonchev–Trinajstić information content (AvgIpc) is 3.44. The van der Waals surface area contributed by atoms with Gasteiger partial charge in [0.05, 0.1) is 6.07 Å². The number of nitriles is 1. The van der Waals surface area contributed by atoms with Gasteiger partial charge in [0, 0.05) is 47.6 Å². The number of amides is 2. The Bertz CT molecular complexity index is 980. The molecule has 30 heavy (non-hydrogen) atoms. The first kappa shape index (κ1) is 20.3. The van der Waals surface area contributed by atoms with E-state index in [0.717, 1.165) is 32.4 Å². The summed E-state index contributed by atoms with van der Waals surface area (Å²) in [5.74, 6) is 0.677. The molecule has 0 saturated heterocycles. The molecule has 0 unspecified atom stereocenters. The fraction of sp³-hybridized carbons (Fsp3) is 0.522. The molecule has 0 bridgehead atoms. The van der Waals surface area contributed by atoms with Crippen molar-refractivity contribution in [2.75, 3.05) is 6.54 Å². The monoisotopic (exact) mass is 408 g/mol. The minimum Gasteiger partial charge on any atom is -0.465 e. The zero-order chi connectivity index (χ0) is 21.1. The van der Waals surface area contributed by atoms with Gasteiger partial charge in [0.15, 0.2) is 0 Å². The number of hydrogen-bond donors (Lipinski definition) is 3. The first-order valence-corrected chi connectivity index (χ1v) is 10.8. The van der Waals surface area contributed by atoms with Gasteiger partial charge in [0.25, 0.3) is 0 Å². The van der Waals surface area contributed by atoms with Crippen LogP contribution in [0.3, 0.4) is 0 Å². The molecule has 1 aromatic carbocycles. The molecule has 1 aliphatic heterocycles. The normalized spacial score (nSPS) is 19.8. The van der Waals surface area contributed by atoms with Crippen LogP contribution in [-0.2, 0) is 17.8 Å². The second kappa shape index (κ2) is 8.39. The van der Waals surface area contributed by atoms with Gasteiger partial charge in [-0.15, -0.1) is 0 Å². The van der Waals surface area contributed by atoms with Crippen molar-refractivity contribution in [1.29, 1.82) is 5.26 Å². The highest BCUT2D eigenvalue weighted by Gasteiger charge is 2.44. The molecule has 2 aromatic rings. The van der Waals surface area contributed by atoms with Crippen LogP contribution in [0.1, 0.15) is 56.2 Å². The summed E-state index contributed by atoms with van der Waals surface area (Å²) >= 11 is 0. The summed E-state index contributed by atoms with van der Waals surface area (Å²) in [6.07, 6.45) is 7.08. The maximum Gasteiger partial charge on any atom is 0.405 e. The summed E-state index contributed by atoms with van der Waals surface area (Å²) in [7, 11) is 0. The largest absolute Gasteiger partial charge is 0.465 e. The highest BCUT2D eigenvalue weighted by atomic mass is 16.4. The van der Waals surface area contributed by atoms with Gasteiger partial charge in [-0.05, 0) is 31.7 Å². The topological polar surface area (TPSA) is 109 Å². The van der Waals surface area contributed by atoms with Crippen molar-refractivity contribution in [3.8, 4) is 6.07 Å². The van der Waals surface area contributed by atoms with Gasteiger partial charge in [0.1, 0.15) is 5.54 Å². The van der Waals surface area contributed by atoms with Crippen LogP contribution < -0.4 is 5.32 Å². The lowest BCUT2D eigenvalue weighted by molar-refractivity contribution is -0.137. The lowest BCUT2D eigenvalue weighted by Crippen LogP contribution is -2.40. The molecule has 0 atom stereocenters. The molecule has 3 N–H and O–H groups in total. The van der Waals surface area contributed by atoms with E-state index >= 15 is 0 Å². The molecule has 3 aliphatic rings. The number of aromatic amines is 1. The van der Waals surface area contributed by atoms with Gasteiger partial charge >= 0.3 is 6.09 Å². The van der Waals surface area contributed by atoms with E-state index in [1.54, 1.807) is 0 Å². The van der Waals surface area contributed by atoms with Crippen LogP contribution in [0.5, 0.6) is 0 Å². The van der Waals surface area contributed by atoms with Crippen molar-refractivity contribution in [3.05, 3.63) is 35.5 Å². The number of fused-ring (bicyclic) bond motifs is 3. The van der Waals surface area contributed by atoms with Gasteiger partial charge in [-0.3, -0.25) is 4.79 Å². The molecule has 7 heteroatoms. The van der Waals surface area contributed by atoms with Crippen molar-refractivity contribution in [1.82, 2.24) is 15.2 Å². The first-order chi connectivity index (χ1) is 14.5. The van der Waals surface area contributed by atoms with Crippen molar-refractivity contribution >= 4 is 22.9 Å². The molecule has 2 heterocycles. The number of carboxylic acid groups (broad SMARTS) is 1. The number of nitrogens with one attached hydrogen (secondary N) is 2. The van der Waals surface area contributed by atoms with E-state index in [0.29, 0.717) is 18.7 Å². The fourth-order valence-corrected chi connectivity index (χ4v) is 4.56. The summed E-state index contributed by atoms with van der Waals surface area (Å²) in [5, 5.41) is 19.9. The average molecular weight is 409 g/mol. The van der Waals surface area contributed by atoms with Gasteiger partial charge < -0.3 is 20.3 Å². The summed E-state index contributed by atoms with van der Waals surface area (Å²) in [6.45, 7) is 1.66. The number of rotatable bonds is 2. The van der Waals surface area contributed by atoms with E-state index in [-0.39, 0.29) is 5.92 Å². The highest BCUT2D eigenvalue weighted by molar-refractivity contribution is 5.86. The van der Waals surface area contributed by atoms with Crippen LogP contribution in [0.15, 0.2) is 24.3 Å². The van der Waals surface area contributed by atoms with Crippen LogP contribution in [0.25, 0.3) is 10.9 Å². The Labute approximate surface area is 176 Å². The van der Waals surface area contributed by atoms with E-state index in [4.69, 9.17) is 10.4 Å². The van der Waals surface area contributed by atoms with Crippen molar-refractivity contribution in [2.45, 2.75) is 63.5 Å². The maximum absolute atomic E-state index is 12.7. The highest BCUT2D eigenvalue weighted by Crippen LogP contribution is 2.34.